The van der Waals surface area contributed by atoms with Crippen LogP contribution in [0.1, 0.15) is 34.8 Å². The van der Waals surface area contributed by atoms with Crippen molar-refractivity contribution in [1.29, 1.82) is 0 Å². The summed E-state index contributed by atoms with van der Waals surface area (Å²) in [5.41, 5.74) is 1.98. The Labute approximate surface area is 172 Å². The molecule has 0 spiro atoms. The normalized spacial score (nSPS) is 20.7. The Morgan fingerprint density at radius 2 is 1.93 bits per heavy atom. The number of amides is 1. The first kappa shape index (κ1) is 19.9. The molecule has 154 valence electrons. The standard InChI is InChI=1S/C23H30N4O2/c1-29-17-18-9-13-26(14-10-18)23(28)20-8-5-11-25-22(20)27-15-12-24-21(16-27)19-6-3-2-4-7-19/h2-8,11,18,21,24H,9-10,12-17H2,1H3/t21-/m0/s1. The largest absolute Gasteiger partial charge is 0.384 e. The third-order valence-electron chi connectivity index (χ3n) is 6.00. The van der Waals surface area contributed by atoms with Crippen molar-refractivity contribution in [2.24, 2.45) is 5.92 Å². The molecule has 1 amide bonds. The number of hydrogen-bond donors (Lipinski definition) is 1. The molecule has 6 nitrogen and oxygen atoms in total. The van der Waals surface area contributed by atoms with Gasteiger partial charge in [0.2, 0.25) is 0 Å². The van der Waals surface area contributed by atoms with E-state index in [-0.39, 0.29) is 11.9 Å². The molecule has 1 aromatic heterocycles. The summed E-state index contributed by atoms with van der Waals surface area (Å²) in [6.45, 7) is 4.87. The maximum absolute atomic E-state index is 13.3. The molecule has 3 heterocycles. The smallest absolute Gasteiger partial charge is 0.257 e. The third kappa shape index (κ3) is 4.60. The number of piperazine rings is 1. The van der Waals surface area contributed by atoms with Gasteiger partial charge in [0, 0.05) is 58.7 Å². The summed E-state index contributed by atoms with van der Waals surface area (Å²) in [5.74, 6) is 1.45. The number of carbonyl (C=O) groups excluding carboxylic acids is 1. The molecule has 4 rings (SSSR count). The molecule has 0 bridgehead atoms. The van der Waals surface area contributed by atoms with Crippen molar-refractivity contribution in [2.75, 3.05) is 51.3 Å². The average Bonchev–Trinajstić information content (AvgIpc) is 2.80. The number of piperidine rings is 1. The molecule has 0 unspecified atom stereocenters. The Kier molecular flexibility index (Phi) is 6.42. The van der Waals surface area contributed by atoms with Crippen molar-refractivity contribution in [1.82, 2.24) is 15.2 Å². The summed E-state index contributed by atoms with van der Waals surface area (Å²) in [7, 11) is 1.75. The van der Waals surface area contributed by atoms with Crippen LogP contribution in [0.15, 0.2) is 48.7 Å². The van der Waals surface area contributed by atoms with E-state index in [1.807, 2.05) is 23.1 Å². The molecule has 1 atom stereocenters. The number of aromatic nitrogens is 1. The summed E-state index contributed by atoms with van der Waals surface area (Å²) in [4.78, 5) is 22.1. The minimum absolute atomic E-state index is 0.0961. The second-order valence-corrected chi connectivity index (χ2v) is 7.93. The molecular weight excluding hydrogens is 364 g/mol. The highest BCUT2D eigenvalue weighted by molar-refractivity contribution is 5.99. The van der Waals surface area contributed by atoms with Crippen LogP contribution < -0.4 is 10.2 Å². The van der Waals surface area contributed by atoms with Crippen LogP contribution in [-0.2, 0) is 4.74 Å². The number of anilines is 1. The first-order valence-corrected chi connectivity index (χ1v) is 10.5. The fourth-order valence-corrected chi connectivity index (χ4v) is 4.38. The predicted molar refractivity (Wildman–Crippen MR) is 114 cm³/mol. The van der Waals surface area contributed by atoms with Crippen LogP contribution in [0.4, 0.5) is 5.82 Å². The molecule has 6 heteroatoms. The van der Waals surface area contributed by atoms with Crippen molar-refractivity contribution >= 4 is 11.7 Å². The molecule has 1 N–H and O–H groups in total. The summed E-state index contributed by atoms with van der Waals surface area (Å²) >= 11 is 0. The number of nitrogens with one attached hydrogen (secondary N) is 1. The van der Waals surface area contributed by atoms with Crippen LogP contribution in [0.2, 0.25) is 0 Å². The van der Waals surface area contributed by atoms with Gasteiger partial charge in [0.05, 0.1) is 5.56 Å². The molecule has 0 aliphatic carbocycles. The van der Waals surface area contributed by atoms with E-state index in [4.69, 9.17) is 4.74 Å². The number of rotatable bonds is 5. The van der Waals surface area contributed by atoms with Crippen LogP contribution in [0.3, 0.4) is 0 Å². The van der Waals surface area contributed by atoms with Crippen LogP contribution in [0.25, 0.3) is 0 Å². The lowest BCUT2D eigenvalue weighted by Crippen LogP contribution is -2.47. The molecule has 0 saturated carbocycles. The average molecular weight is 395 g/mol. The lowest BCUT2D eigenvalue weighted by atomic mass is 9.97. The van der Waals surface area contributed by atoms with Crippen molar-refractivity contribution in [3.05, 3.63) is 59.8 Å². The Balaban J connectivity index is 1.49. The van der Waals surface area contributed by atoms with Gasteiger partial charge >= 0.3 is 0 Å². The van der Waals surface area contributed by atoms with Gasteiger partial charge in [0.15, 0.2) is 0 Å². The lowest BCUT2D eigenvalue weighted by molar-refractivity contribution is 0.0613. The van der Waals surface area contributed by atoms with Crippen LogP contribution in [0, 0.1) is 5.92 Å². The number of ether oxygens (including phenoxy) is 1. The fourth-order valence-electron chi connectivity index (χ4n) is 4.38. The Morgan fingerprint density at radius 3 is 2.69 bits per heavy atom. The van der Waals surface area contributed by atoms with Gasteiger partial charge < -0.3 is 19.9 Å². The lowest BCUT2D eigenvalue weighted by Gasteiger charge is -2.36. The van der Waals surface area contributed by atoms with E-state index in [1.165, 1.54) is 5.56 Å². The van der Waals surface area contributed by atoms with E-state index >= 15 is 0 Å². The molecule has 2 saturated heterocycles. The summed E-state index contributed by atoms with van der Waals surface area (Å²) in [6, 6.07) is 14.5. The topological polar surface area (TPSA) is 57.7 Å². The highest BCUT2D eigenvalue weighted by Gasteiger charge is 2.29. The van der Waals surface area contributed by atoms with Gasteiger partial charge in [0.1, 0.15) is 5.82 Å². The molecule has 2 aliphatic heterocycles. The van der Waals surface area contributed by atoms with Gasteiger partial charge in [-0.3, -0.25) is 4.79 Å². The number of nitrogens with zero attached hydrogens (tertiary/aromatic N) is 3. The van der Waals surface area contributed by atoms with Crippen LogP contribution in [-0.4, -0.2) is 62.2 Å². The summed E-state index contributed by atoms with van der Waals surface area (Å²) in [6.07, 6.45) is 3.79. The maximum atomic E-state index is 13.3. The minimum Gasteiger partial charge on any atom is -0.384 e. The van der Waals surface area contributed by atoms with E-state index in [0.29, 0.717) is 11.5 Å². The van der Waals surface area contributed by atoms with E-state index < -0.39 is 0 Å². The van der Waals surface area contributed by atoms with Gasteiger partial charge in [-0.15, -0.1) is 0 Å². The molecule has 29 heavy (non-hydrogen) atoms. The fraction of sp³-hybridized carbons (Fsp3) is 0.478. The molecule has 2 aliphatic rings. The number of pyridine rings is 1. The van der Waals surface area contributed by atoms with Gasteiger partial charge in [-0.2, -0.15) is 0 Å². The van der Waals surface area contributed by atoms with Gasteiger partial charge in [-0.25, -0.2) is 4.98 Å². The van der Waals surface area contributed by atoms with Gasteiger partial charge in [0.25, 0.3) is 5.91 Å². The van der Waals surface area contributed by atoms with E-state index in [2.05, 4.69) is 39.5 Å². The summed E-state index contributed by atoms with van der Waals surface area (Å²) in [5, 5.41) is 3.59. The quantitative estimate of drug-likeness (QED) is 0.845. The predicted octanol–water partition coefficient (Wildman–Crippen LogP) is 2.73. The monoisotopic (exact) mass is 394 g/mol. The van der Waals surface area contributed by atoms with Crippen molar-refractivity contribution in [3.8, 4) is 0 Å². The number of likely N-dealkylation sites (tertiary alicyclic amines) is 1. The van der Waals surface area contributed by atoms with E-state index in [9.17, 15) is 4.79 Å². The first-order valence-electron chi connectivity index (χ1n) is 10.5. The van der Waals surface area contributed by atoms with E-state index in [0.717, 1.165) is 58.0 Å². The first-order chi connectivity index (χ1) is 14.3. The number of hydrogen-bond acceptors (Lipinski definition) is 5. The summed E-state index contributed by atoms with van der Waals surface area (Å²) < 4.78 is 5.28. The Hall–Kier alpha value is -2.44. The second-order valence-electron chi connectivity index (χ2n) is 7.93. The van der Waals surface area contributed by atoms with Crippen molar-refractivity contribution in [2.45, 2.75) is 18.9 Å². The Morgan fingerprint density at radius 1 is 1.14 bits per heavy atom. The molecular formula is C23H30N4O2. The van der Waals surface area contributed by atoms with Crippen LogP contribution >= 0.6 is 0 Å². The zero-order valence-corrected chi connectivity index (χ0v) is 17.1. The zero-order valence-electron chi connectivity index (χ0n) is 17.1. The van der Waals surface area contributed by atoms with E-state index in [1.54, 1.807) is 13.3 Å². The molecule has 1 aromatic carbocycles. The van der Waals surface area contributed by atoms with Crippen LogP contribution in [0.5, 0.6) is 0 Å². The SMILES string of the molecule is COCC1CCN(C(=O)c2cccnc2N2CCN[C@H](c3ccccc3)C2)CC1. The maximum Gasteiger partial charge on any atom is 0.257 e. The van der Waals surface area contributed by atoms with Crippen molar-refractivity contribution < 1.29 is 9.53 Å². The number of benzene rings is 1. The highest BCUT2D eigenvalue weighted by Crippen LogP contribution is 2.26. The highest BCUT2D eigenvalue weighted by atomic mass is 16.5. The number of methoxy groups -OCH3 is 1. The third-order valence-corrected chi connectivity index (χ3v) is 6.00. The zero-order chi connectivity index (χ0) is 20.1. The van der Waals surface area contributed by atoms with Gasteiger partial charge in [-0.1, -0.05) is 30.3 Å². The van der Waals surface area contributed by atoms with Gasteiger partial charge in [-0.05, 0) is 36.5 Å². The Bertz CT molecular complexity index is 806. The number of carbonyl (C=O) groups is 1. The second kappa shape index (κ2) is 9.37. The molecule has 2 aromatic rings. The molecule has 0 radical (unpaired) electrons. The molecule has 2 fully saturated rings. The minimum atomic E-state index is 0.0961. The van der Waals surface area contributed by atoms with Crippen molar-refractivity contribution in [3.63, 3.8) is 0 Å².